The van der Waals surface area contributed by atoms with Gasteiger partial charge in [0.1, 0.15) is 11.5 Å². The van der Waals surface area contributed by atoms with Crippen molar-refractivity contribution >= 4 is 0 Å². The summed E-state index contributed by atoms with van der Waals surface area (Å²) in [5.41, 5.74) is 2.58. The van der Waals surface area contributed by atoms with E-state index in [4.69, 9.17) is 4.74 Å². The van der Waals surface area contributed by atoms with Gasteiger partial charge in [-0.15, -0.1) is 0 Å². The van der Waals surface area contributed by atoms with Gasteiger partial charge in [0.15, 0.2) is 0 Å². The number of aryl methyl sites for hydroxylation is 1. The highest BCUT2D eigenvalue weighted by Crippen LogP contribution is 2.22. The first-order chi connectivity index (χ1) is 8.81. The second kappa shape index (κ2) is 6.22. The molecule has 2 heteroatoms. The van der Waals surface area contributed by atoms with Crippen molar-refractivity contribution in [1.82, 2.24) is 5.32 Å². The highest BCUT2D eigenvalue weighted by atomic mass is 16.5. The number of ether oxygens (including phenoxy) is 1. The quantitative estimate of drug-likeness (QED) is 0.860. The maximum atomic E-state index is 5.79. The van der Waals surface area contributed by atoms with Gasteiger partial charge in [-0.2, -0.15) is 0 Å². The molecule has 0 saturated heterocycles. The smallest absolute Gasteiger partial charge is 0.127 e. The number of nitrogens with one attached hydrogen (secondary N) is 1. The average Bonchev–Trinajstić information content (AvgIpc) is 2.42. The Morgan fingerprint density at radius 2 is 1.33 bits per heavy atom. The van der Waals surface area contributed by atoms with Gasteiger partial charge >= 0.3 is 0 Å². The summed E-state index contributed by atoms with van der Waals surface area (Å²) in [7, 11) is 1.94. The first-order valence-electron chi connectivity index (χ1n) is 6.32. The summed E-state index contributed by atoms with van der Waals surface area (Å²) < 4.78 is 5.79. The third-order valence-electron chi connectivity index (χ3n) is 2.87. The van der Waals surface area contributed by atoms with E-state index in [9.17, 15) is 0 Å². The molecule has 0 heterocycles. The second-order valence-electron chi connectivity index (χ2n) is 4.27. The Morgan fingerprint density at radius 3 is 1.78 bits per heavy atom. The molecule has 0 atom stereocenters. The molecule has 2 aromatic rings. The van der Waals surface area contributed by atoms with Crippen molar-refractivity contribution in [3.8, 4) is 11.5 Å². The van der Waals surface area contributed by atoms with Crippen molar-refractivity contribution in [3.63, 3.8) is 0 Å². The van der Waals surface area contributed by atoms with Crippen molar-refractivity contribution in [3.05, 3.63) is 59.7 Å². The Hall–Kier alpha value is -1.80. The topological polar surface area (TPSA) is 21.3 Å². The molecule has 2 rings (SSSR count). The van der Waals surface area contributed by atoms with E-state index in [1.165, 1.54) is 11.1 Å². The Morgan fingerprint density at radius 1 is 0.833 bits per heavy atom. The van der Waals surface area contributed by atoms with Gasteiger partial charge in [0, 0.05) is 6.54 Å². The summed E-state index contributed by atoms with van der Waals surface area (Å²) in [6.45, 7) is 3.03. The Labute approximate surface area is 109 Å². The Balaban J connectivity index is 2.03. The first-order valence-corrected chi connectivity index (χ1v) is 6.32. The fourth-order valence-electron chi connectivity index (χ4n) is 1.81. The molecule has 0 aromatic heterocycles. The third kappa shape index (κ3) is 3.34. The zero-order valence-corrected chi connectivity index (χ0v) is 10.9. The molecule has 0 aliphatic rings. The van der Waals surface area contributed by atoms with Gasteiger partial charge in [-0.05, 0) is 48.9 Å². The van der Waals surface area contributed by atoms with Gasteiger partial charge in [-0.3, -0.25) is 0 Å². The van der Waals surface area contributed by atoms with Crippen LogP contribution in [0.2, 0.25) is 0 Å². The second-order valence-corrected chi connectivity index (χ2v) is 4.27. The van der Waals surface area contributed by atoms with Crippen LogP contribution in [0.4, 0.5) is 0 Å². The molecule has 2 aromatic carbocycles. The number of rotatable bonds is 5. The minimum absolute atomic E-state index is 0.874. The first kappa shape index (κ1) is 12.7. The number of hydrogen-bond donors (Lipinski definition) is 1. The van der Waals surface area contributed by atoms with Crippen molar-refractivity contribution < 1.29 is 4.74 Å². The van der Waals surface area contributed by atoms with Gasteiger partial charge in [0.2, 0.25) is 0 Å². The minimum Gasteiger partial charge on any atom is -0.457 e. The van der Waals surface area contributed by atoms with E-state index < -0.39 is 0 Å². The van der Waals surface area contributed by atoms with Crippen LogP contribution < -0.4 is 10.1 Å². The molecule has 2 nitrogen and oxygen atoms in total. The van der Waals surface area contributed by atoms with Crippen molar-refractivity contribution in [2.45, 2.75) is 19.9 Å². The van der Waals surface area contributed by atoms with Crippen LogP contribution in [0.25, 0.3) is 0 Å². The fraction of sp³-hybridized carbons (Fsp3) is 0.250. The number of hydrogen-bond acceptors (Lipinski definition) is 2. The fourth-order valence-corrected chi connectivity index (χ4v) is 1.81. The van der Waals surface area contributed by atoms with Crippen LogP contribution in [0.1, 0.15) is 18.1 Å². The standard InChI is InChI=1S/C16H19NO/c1-3-13-4-8-15(9-5-13)18-16-10-6-14(7-11-16)12-17-2/h4-11,17H,3,12H2,1-2H3. The summed E-state index contributed by atoms with van der Waals surface area (Å²) in [5, 5.41) is 3.12. The molecule has 0 fully saturated rings. The normalized spacial score (nSPS) is 10.3. The number of benzene rings is 2. The average molecular weight is 241 g/mol. The molecule has 0 saturated carbocycles. The van der Waals surface area contributed by atoms with E-state index in [0.29, 0.717) is 0 Å². The summed E-state index contributed by atoms with van der Waals surface area (Å²) in [4.78, 5) is 0. The van der Waals surface area contributed by atoms with Crippen molar-refractivity contribution in [2.24, 2.45) is 0 Å². The molecular formula is C16H19NO. The summed E-state index contributed by atoms with van der Waals surface area (Å²) in [5.74, 6) is 1.76. The van der Waals surface area contributed by atoms with Gasteiger partial charge in [0.05, 0.1) is 0 Å². The largest absolute Gasteiger partial charge is 0.457 e. The molecule has 0 aliphatic carbocycles. The van der Waals surface area contributed by atoms with Gasteiger partial charge in [-0.1, -0.05) is 31.2 Å². The Bertz CT molecular complexity index is 473. The van der Waals surface area contributed by atoms with Crippen LogP contribution in [0.15, 0.2) is 48.5 Å². The molecule has 0 unspecified atom stereocenters. The third-order valence-corrected chi connectivity index (χ3v) is 2.87. The minimum atomic E-state index is 0.874. The molecule has 0 aliphatic heterocycles. The highest BCUT2D eigenvalue weighted by molar-refractivity contribution is 5.34. The van der Waals surface area contributed by atoms with Crippen LogP contribution in [0.3, 0.4) is 0 Å². The van der Waals surface area contributed by atoms with E-state index in [-0.39, 0.29) is 0 Å². The van der Waals surface area contributed by atoms with E-state index in [2.05, 4.69) is 36.5 Å². The van der Waals surface area contributed by atoms with E-state index in [1.54, 1.807) is 0 Å². The molecule has 0 amide bonds. The monoisotopic (exact) mass is 241 g/mol. The lowest BCUT2D eigenvalue weighted by atomic mass is 10.2. The van der Waals surface area contributed by atoms with E-state index >= 15 is 0 Å². The summed E-state index contributed by atoms with van der Waals surface area (Å²) in [6.07, 6.45) is 1.05. The van der Waals surface area contributed by atoms with Gasteiger partial charge < -0.3 is 10.1 Å². The lowest BCUT2D eigenvalue weighted by molar-refractivity contribution is 0.482. The predicted molar refractivity (Wildman–Crippen MR) is 75.1 cm³/mol. The van der Waals surface area contributed by atoms with Gasteiger partial charge in [-0.25, -0.2) is 0 Å². The van der Waals surface area contributed by atoms with E-state index in [1.807, 2.05) is 31.3 Å². The molecule has 94 valence electrons. The molecule has 18 heavy (non-hydrogen) atoms. The lowest BCUT2D eigenvalue weighted by Gasteiger charge is -2.07. The summed E-state index contributed by atoms with van der Waals surface area (Å²) >= 11 is 0. The van der Waals surface area contributed by atoms with Crippen LogP contribution >= 0.6 is 0 Å². The molecular weight excluding hydrogens is 222 g/mol. The molecule has 1 N–H and O–H groups in total. The van der Waals surface area contributed by atoms with Crippen molar-refractivity contribution in [2.75, 3.05) is 7.05 Å². The van der Waals surface area contributed by atoms with Crippen LogP contribution in [-0.2, 0) is 13.0 Å². The summed E-state index contributed by atoms with van der Waals surface area (Å²) in [6, 6.07) is 16.4. The molecule has 0 bridgehead atoms. The highest BCUT2D eigenvalue weighted by Gasteiger charge is 1.98. The maximum absolute atomic E-state index is 5.79. The molecule has 0 spiro atoms. The van der Waals surface area contributed by atoms with Crippen LogP contribution in [0, 0.1) is 0 Å². The van der Waals surface area contributed by atoms with E-state index in [0.717, 1.165) is 24.5 Å². The molecule has 0 radical (unpaired) electrons. The zero-order chi connectivity index (χ0) is 12.8. The van der Waals surface area contributed by atoms with Crippen molar-refractivity contribution in [1.29, 1.82) is 0 Å². The maximum Gasteiger partial charge on any atom is 0.127 e. The SMILES string of the molecule is CCc1ccc(Oc2ccc(CNC)cc2)cc1. The Kier molecular flexibility index (Phi) is 4.37. The van der Waals surface area contributed by atoms with Crippen LogP contribution in [-0.4, -0.2) is 7.05 Å². The van der Waals surface area contributed by atoms with Crippen LogP contribution in [0.5, 0.6) is 11.5 Å². The lowest BCUT2D eigenvalue weighted by Crippen LogP contribution is -2.04. The van der Waals surface area contributed by atoms with Gasteiger partial charge in [0.25, 0.3) is 0 Å². The zero-order valence-electron chi connectivity index (χ0n) is 10.9. The predicted octanol–water partition coefficient (Wildman–Crippen LogP) is 3.76.